The van der Waals surface area contributed by atoms with Crippen LogP contribution in [0.5, 0.6) is 0 Å². The third-order valence-corrected chi connectivity index (χ3v) is 7.01. The molecule has 0 saturated carbocycles. The lowest BCUT2D eigenvalue weighted by Gasteiger charge is -2.20. The van der Waals surface area contributed by atoms with E-state index >= 15 is 0 Å². The monoisotopic (exact) mass is 458 g/mol. The van der Waals surface area contributed by atoms with Gasteiger partial charge in [-0.15, -0.1) is 0 Å². The number of carbonyl (C=O) groups excluding carboxylic acids is 2. The predicted octanol–water partition coefficient (Wildman–Crippen LogP) is 3.29. The molecule has 8 heteroatoms. The molecular formula is C24H30N2O5S. The van der Waals surface area contributed by atoms with Crippen LogP contribution in [-0.2, 0) is 32.4 Å². The largest absolute Gasteiger partial charge is 0.452 e. The Kier molecular flexibility index (Phi) is 7.69. The van der Waals surface area contributed by atoms with Crippen LogP contribution in [0.1, 0.15) is 66.7 Å². The second kappa shape index (κ2) is 10.3. The fourth-order valence-corrected chi connectivity index (χ4v) is 5.07. The first kappa shape index (κ1) is 23.9. The van der Waals surface area contributed by atoms with Gasteiger partial charge < -0.3 is 10.1 Å². The summed E-state index contributed by atoms with van der Waals surface area (Å²) in [5.74, 6) is -1.18. The van der Waals surface area contributed by atoms with E-state index in [4.69, 9.17) is 4.74 Å². The molecule has 1 amide bonds. The molecule has 0 spiro atoms. The average molecular weight is 459 g/mol. The molecule has 0 saturated heterocycles. The molecule has 0 fully saturated rings. The number of ether oxygens (including phenoxy) is 1. The van der Waals surface area contributed by atoms with Gasteiger partial charge in [-0.2, -0.15) is 0 Å². The molecule has 7 nitrogen and oxygen atoms in total. The molecule has 172 valence electrons. The van der Waals surface area contributed by atoms with Crippen LogP contribution in [0, 0.1) is 0 Å². The lowest BCUT2D eigenvalue weighted by atomic mass is 9.89. The maximum atomic E-state index is 12.3. The van der Waals surface area contributed by atoms with Crippen LogP contribution in [0.15, 0.2) is 47.4 Å². The number of nitrogens with one attached hydrogen (secondary N) is 2. The summed E-state index contributed by atoms with van der Waals surface area (Å²) in [6.45, 7) is 4.86. The minimum absolute atomic E-state index is 0.0360. The van der Waals surface area contributed by atoms with Gasteiger partial charge in [-0.1, -0.05) is 24.3 Å². The van der Waals surface area contributed by atoms with Crippen molar-refractivity contribution in [2.24, 2.45) is 0 Å². The number of sulfonamides is 1. The van der Waals surface area contributed by atoms with Crippen molar-refractivity contribution < 1.29 is 22.7 Å². The molecule has 1 atom stereocenters. The van der Waals surface area contributed by atoms with Crippen molar-refractivity contribution >= 4 is 21.9 Å². The summed E-state index contributed by atoms with van der Waals surface area (Å²) in [5.41, 5.74) is 3.79. The number of carbonyl (C=O) groups is 2. The van der Waals surface area contributed by atoms with Crippen LogP contribution in [0.4, 0.5) is 0 Å². The topological polar surface area (TPSA) is 102 Å². The first-order valence-electron chi connectivity index (χ1n) is 10.9. The quantitative estimate of drug-likeness (QED) is 0.591. The average Bonchev–Trinajstić information content (AvgIpc) is 2.76. The summed E-state index contributed by atoms with van der Waals surface area (Å²) in [6, 6.07) is 11.3. The molecule has 0 bridgehead atoms. The van der Waals surface area contributed by atoms with Gasteiger partial charge in [0, 0.05) is 6.04 Å². The molecule has 3 rings (SSSR count). The molecule has 0 aromatic heterocycles. The lowest BCUT2D eigenvalue weighted by Crippen LogP contribution is -2.31. The van der Waals surface area contributed by atoms with Gasteiger partial charge in [-0.25, -0.2) is 17.9 Å². The molecule has 2 aromatic rings. The highest BCUT2D eigenvalue weighted by molar-refractivity contribution is 7.89. The molecule has 2 aromatic carbocycles. The van der Waals surface area contributed by atoms with Gasteiger partial charge in [0.05, 0.1) is 16.5 Å². The number of hydrogen-bond acceptors (Lipinski definition) is 5. The van der Waals surface area contributed by atoms with Crippen molar-refractivity contribution in [2.75, 3.05) is 6.61 Å². The summed E-state index contributed by atoms with van der Waals surface area (Å²) in [6.07, 6.45) is 4.56. The summed E-state index contributed by atoms with van der Waals surface area (Å²) < 4.78 is 32.2. The Bertz CT molecular complexity index is 1100. The number of aryl methyl sites for hydroxylation is 2. The SMILES string of the molecule is CC(C)NS(=O)(=O)c1cccc(C(=O)OCC(=O)NC(C)c2ccc3c(c2)CCCC3)c1. The maximum absolute atomic E-state index is 12.3. The molecule has 1 unspecified atom stereocenters. The summed E-state index contributed by atoms with van der Waals surface area (Å²) in [5, 5.41) is 2.84. The molecule has 32 heavy (non-hydrogen) atoms. The Labute approximate surface area is 189 Å². The number of esters is 1. The molecule has 1 aliphatic rings. The Morgan fingerprint density at radius 3 is 2.44 bits per heavy atom. The van der Waals surface area contributed by atoms with Gasteiger partial charge in [-0.05, 0) is 81.3 Å². The van der Waals surface area contributed by atoms with Crippen LogP contribution >= 0.6 is 0 Å². The zero-order valence-corrected chi connectivity index (χ0v) is 19.5. The van der Waals surface area contributed by atoms with Crippen LogP contribution in [-0.4, -0.2) is 32.9 Å². The molecule has 1 aliphatic carbocycles. The number of fused-ring (bicyclic) bond motifs is 1. The second-order valence-corrected chi connectivity index (χ2v) is 10.1. The van der Waals surface area contributed by atoms with Crippen molar-refractivity contribution in [3.05, 3.63) is 64.7 Å². The number of rotatable bonds is 8. The Balaban J connectivity index is 1.57. The molecule has 0 aliphatic heterocycles. The molecule has 0 heterocycles. The maximum Gasteiger partial charge on any atom is 0.338 e. The Morgan fingerprint density at radius 1 is 1.00 bits per heavy atom. The van der Waals surface area contributed by atoms with E-state index < -0.39 is 28.5 Å². The van der Waals surface area contributed by atoms with E-state index in [1.54, 1.807) is 13.8 Å². The lowest BCUT2D eigenvalue weighted by molar-refractivity contribution is -0.124. The predicted molar refractivity (Wildman–Crippen MR) is 122 cm³/mol. The minimum atomic E-state index is -3.74. The molecule has 2 N–H and O–H groups in total. The Morgan fingerprint density at radius 2 is 1.72 bits per heavy atom. The van der Waals surface area contributed by atoms with Crippen LogP contribution in [0.2, 0.25) is 0 Å². The normalized spacial score (nSPS) is 14.5. The molecular weight excluding hydrogens is 428 g/mol. The van der Waals surface area contributed by atoms with Gasteiger partial charge in [0.2, 0.25) is 10.0 Å². The van der Waals surface area contributed by atoms with Gasteiger partial charge in [0.1, 0.15) is 0 Å². The van der Waals surface area contributed by atoms with Crippen molar-refractivity contribution in [3.8, 4) is 0 Å². The van der Waals surface area contributed by atoms with Crippen LogP contribution in [0.3, 0.4) is 0 Å². The summed E-state index contributed by atoms with van der Waals surface area (Å²) in [7, 11) is -3.74. The van der Waals surface area contributed by atoms with Crippen LogP contribution in [0.25, 0.3) is 0 Å². The zero-order chi connectivity index (χ0) is 23.3. The third kappa shape index (κ3) is 6.17. The molecule has 0 radical (unpaired) electrons. The Hall–Kier alpha value is -2.71. The van der Waals surface area contributed by atoms with E-state index in [1.165, 1.54) is 48.2 Å². The fraction of sp³-hybridized carbons (Fsp3) is 0.417. The first-order valence-corrected chi connectivity index (χ1v) is 12.3. The number of amides is 1. The third-order valence-electron chi connectivity index (χ3n) is 5.36. The fourth-order valence-electron chi connectivity index (χ4n) is 3.77. The highest BCUT2D eigenvalue weighted by atomic mass is 32.2. The minimum Gasteiger partial charge on any atom is -0.452 e. The van der Waals surface area contributed by atoms with E-state index in [0.717, 1.165) is 18.4 Å². The van der Waals surface area contributed by atoms with Gasteiger partial charge in [0.25, 0.3) is 5.91 Å². The van der Waals surface area contributed by atoms with Crippen LogP contribution < -0.4 is 10.0 Å². The summed E-state index contributed by atoms with van der Waals surface area (Å²) >= 11 is 0. The van der Waals surface area contributed by atoms with E-state index in [-0.39, 0.29) is 22.5 Å². The first-order chi connectivity index (χ1) is 15.2. The summed E-state index contributed by atoms with van der Waals surface area (Å²) in [4.78, 5) is 24.6. The van der Waals surface area contributed by atoms with E-state index in [2.05, 4.69) is 22.2 Å². The van der Waals surface area contributed by atoms with Crippen molar-refractivity contribution in [1.82, 2.24) is 10.0 Å². The van der Waals surface area contributed by atoms with Gasteiger partial charge >= 0.3 is 5.97 Å². The standard InChI is InChI=1S/C24H30N2O5S/c1-16(2)26-32(29,30)22-10-6-9-21(14-22)24(28)31-15-23(27)25-17(3)19-12-11-18-7-4-5-8-20(18)13-19/h6,9-14,16-17,26H,4-5,7-8,15H2,1-3H3,(H,25,27). The van der Waals surface area contributed by atoms with E-state index in [1.807, 2.05) is 13.0 Å². The van der Waals surface area contributed by atoms with Crippen molar-refractivity contribution in [2.45, 2.75) is 63.4 Å². The zero-order valence-electron chi connectivity index (χ0n) is 18.7. The number of hydrogen-bond donors (Lipinski definition) is 2. The smallest absolute Gasteiger partial charge is 0.338 e. The van der Waals surface area contributed by atoms with E-state index in [9.17, 15) is 18.0 Å². The van der Waals surface area contributed by atoms with Crippen molar-refractivity contribution in [3.63, 3.8) is 0 Å². The van der Waals surface area contributed by atoms with Crippen molar-refractivity contribution in [1.29, 1.82) is 0 Å². The highest BCUT2D eigenvalue weighted by Crippen LogP contribution is 2.24. The van der Waals surface area contributed by atoms with Gasteiger partial charge in [0.15, 0.2) is 6.61 Å². The highest BCUT2D eigenvalue weighted by Gasteiger charge is 2.19. The van der Waals surface area contributed by atoms with Gasteiger partial charge in [-0.3, -0.25) is 4.79 Å². The second-order valence-electron chi connectivity index (χ2n) is 8.40. The van der Waals surface area contributed by atoms with E-state index in [0.29, 0.717) is 0 Å². The number of benzene rings is 2.